The third-order valence-corrected chi connectivity index (χ3v) is 4.04. The summed E-state index contributed by atoms with van der Waals surface area (Å²) in [6.45, 7) is 2.76. The van der Waals surface area contributed by atoms with E-state index in [2.05, 4.69) is 10.2 Å². The first kappa shape index (κ1) is 16.1. The van der Waals surface area contributed by atoms with Crippen LogP contribution < -0.4 is 10.2 Å². The smallest absolute Gasteiger partial charge is 0.321 e. The van der Waals surface area contributed by atoms with Crippen molar-refractivity contribution in [3.63, 3.8) is 0 Å². The van der Waals surface area contributed by atoms with Gasteiger partial charge in [-0.25, -0.2) is 9.18 Å². The number of carbonyl (C=O) groups excluding carboxylic acids is 1. The molecular formula is C19H20FN3O. The van der Waals surface area contributed by atoms with Crippen LogP contribution >= 0.6 is 0 Å². The quantitative estimate of drug-likeness (QED) is 0.939. The van der Waals surface area contributed by atoms with Crippen molar-refractivity contribution in [1.29, 1.82) is 0 Å². The van der Waals surface area contributed by atoms with Gasteiger partial charge >= 0.3 is 6.03 Å². The predicted octanol–water partition coefficient (Wildman–Crippen LogP) is 3.33. The number of rotatable bonds is 3. The molecule has 0 atom stereocenters. The summed E-state index contributed by atoms with van der Waals surface area (Å²) in [4.78, 5) is 16.1. The molecule has 1 saturated heterocycles. The summed E-state index contributed by atoms with van der Waals surface area (Å²) in [7, 11) is 0. The molecule has 0 spiro atoms. The number of hydrogen-bond acceptors (Lipinski definition) is 2. The fraction of sp³-hybridized carbons (Fsp3) is 0.211. The van der Waals surface area contributed by atoms with Crippen molar-refractivity contribution in [2.24, 2.45) is 0 Å². The summed E-state index contributed by atoms with van der Waals surface area (Å²) >= 11 is 0. The van der Waals surface area contributed by atoms with Crippen molar-refractivity contribution in [2.45, 2.75) is 0 Å². The Morgan fingerprint density at radius 3 is 2.29 bits per heavy atom. The fourth-order valence-electron chi connectivity index (χ4n) is 2.68. The zero-order valence-corrected chi connectivity index (χ0v) is 13.4. The molecule has 1 N–H and O–H groups in total. The van der Waals surface area contributed by atoms with Crippen molar-refractivity contribution in [2.75, 3.05) is 31.1 Å². The van der Waals surface area contributed by atoms with Gasteiger partial charge in [-0.15, -0.1) is 0 Å². The molecule has 2 amide bonds. The number of piperazine rings is 1. The van der Waals surface area contributed by atoms with Crippen molar-refractivity contribution in [1.82, 2.24) is 10.2 Å². The number of benzene rings is 2. The van der Waals surface area contributed by atoms with E-state index in [0.717, 1.165) is 24.3 Å². The molecule has 4 nitrogen and oxygen atoms in total. The highest BCUT2D eigenvalue weighted by Crippen LogP contribution is 2.16. The van der Waals surface area contributed by atoms with Gasteiger partial charge in [0.05, 0.1) is 0 Å². The molecule has 2 aromatic rings. The Balaban J connectivity index is 1.48. The molecule has 0 unspecified atom stereocenters. The summed E-state index contributed by atoms with van der Waals surface area (Å²) in [5, 5.41) is 2.80. The van der Waals surface area contributed by atoms with Gasteiger partial charge in [-0.1, -0.05) is 30.3 Å². The lowest BCUT2D eigenvalue weighted by atomic mass is 10.2. The molecule has 0 saturated carbocycles. The minimum atomic E-state index is -0.234. The summed E-state index contributed by atoms with van der Waals surface area (Å²) in [6.07, 6.45) is 3.54. The van der Waals surface area contributed by atoms with Crippen molar-refractivity contribution in [3.8, 4) is 0 Å². The van der Waals surface area contributed by atoms with Crippen LogP contribution in [0.4, 0.5) is 14.9 Å². The Morgan fingerprint density at radius 1 is 0.958 bits per heavy atom. The number of anilines is 1. The number of amides is 2. The zero-order valence-electron chi connectivity index (χ0n) is 13.4. The minimum absolute atomic E-state index is 0.0964. The number of hydrogen-bond donors (Lipinski definition) is 1. The third kappa shape index (κ3) is 4.13. The lowest BCUT2D eigenvalue weighted by molar-refractivity contribution is 0.198. The van der Waals surface area contributed by atoms with Gasteiger partial charge in [0.2, 0.25) is 0 Å². The van der Waals surface area contributed by atoms with E-state index in [4.69, 9.17) is 0 Å². The van der Waals surface area contributed by atoms with Gasteiger partial charge in [0.1, 0.15) is 5.82 Å². The van der Waals surface area contributed by atoms with Crippen LogP contribution in [0, 0.1) is 5.82 Å². The van der Waals surface area contributed by atoms with Crippen LogP contribution in [0.15, 0.2) is 60.8 Å². The summed E-state index contributed by atoms with van der Waals surface area (Å²) in [5.41, 5.74) is 2.03. The van der Waals surface area contributed by atoms with Crippen molar-refractivity contribution < 1.29 is 9.18 Å². The molecule has 2 aromatic carbocycles. The molecule has 0 aliphatic carbocycles. The SMILES string of the molecule is O=C(N/C=C/c1ccccc1)N1CCN(c2ccc(F)cc2)CC1. The van der Waals surface area contributed by atoms with Crippen LogP contribution in [0.3, 0.4) is 0 Å². The highest BCUT2D eigenvalue weighted by atomic mass is 19.1. The average molecular weight is 325 g/mol. The second-order valence-corrected chi connectivity index (χ2v) is 5.64. The van der Waals surface area contributed by atoms with Crippen LogP contribution in [0.5, 0.6) is 0 Å². The van der Waals surface area contributed by atoms with Gasteiger partial charge < -0.3 is 15.1 Å². The molecule has 1 aliphatic heterocycles. The standard InChI is InChI=1S/C19H20FN3O/c20-17-6-8-18(9-7-17)22-12-14-23(15-13-22)19(24)21-11-10-16-4-2-1-3-5-16/h1-11H,12-15H2,(H,21,24)/b11-10+. The molecule has 5 heteroatoms. The topological polar surface area (TPSA) is 35.6 Å². The number of nitrogens with zero attached hydrogens (tertiary/aromatic N) is 2. The van der Waals surface area contributed by atoms with E-state index in [1.165, 1.54) is 12.1 Å². The van der Waals surface area contributed by atoms with E-state index in [1.807, 2.05) is 36.4 Å². The van der Waals surface area contributed by atoms with E-state index in [1.54, 1.807) is 23.2 Å². The Labute approximate surface area is 141 Å². The van der Waals surface area contributed by atoms with Crippen LogP contribution in [0.1, 0.15) is 5.56 Å². The third-order valence-electron chi connectivity index (χ3n) is 4.04. The van der Waals surface area contributed by atoms with Gasteiger partial charge in [0.25, 0.3) is 0 Å². The number of urea groups is 1. The van der Waals surface area contributed by atoms with E-state index < -0.39 is 0 Å². The number of nitrogens with one attached hydrogen (secondary N) is 1. The second-order valence-electron chi connectivity index (χ2n) is 5.64. The lowest BCUT2D eigenvalue weighted by Crippen LogP contribution is -2.51. The molecule has 124 valence electrons. The maximum Gasteiger partial charge on any atom is 0.321 e. The largest absolute Gasteiger partial charge is 0.368 e. The van der Waals surface area contributed by atoms with Crippen LogP contribution in [-0.4, -0.2) is 37.1 Å². The summed E-state index contributed by atoms with van der Waals surface area (Å²) < 4.78 is 13.0. The predicted molar refractivity (Wildman–Crippen MR) is 94.2 cm³/mol. The van der Waals surface area contributed by atoms with Gasteiger partial charge in [-0.05, 0) is 35.9 Å². The second kappa shape index (κ2) is 7.64. The Kier molecular flexibility index (Phi) is 5.11. The summed E-state index contributed by atoms with van der Waals surface area (Å²) in [6, 6.07) is 16.2. The molecule has 0 radical (unpaired) electrons. The highest BCUT2D eigenvalue weighted by molar-refractivity contribution is 5.76. The van der Waals surface area contributed by atoms with E-state index in [-0.39, 0.29) is 11.8 Å². The van der Waals surface area contributed by atoms with Crippen LogP contribution in [0.25, 0.3) is 6.08 Å². The molecule has 3 rings (SSSR count). The molecule has 1 aliphatic rings. The van der Waals surface area contributed by atoms with Gasteiger partial charge in [-0.3, -0.25) is 0 Å². The van der Waals surface area contributed by atoms with Gasteiger partial charge in [-0.2, -0.15) is 0 Å². The highest BCUT2D eigenvalue weighted by Gasteiger charge is 2.20. The van der Waals surface area contributed by atoms with E-state index >= 15 is 0 Å². The van der Waals surface area contributed by atoms with E-state index in [0.29, 0.717) is 13.1 Å². The maximum atomic E-state index is 13.0. The van der Waals surface area contributed by atoms with E-state index in [9.17, 15) is 9.18 Å². The normalized spacial score (nSPS) is 14.9. The van der Waals surface area contributed by atoms with Crippen LogP contribution in [-0.2, 0) is 0 Å². The van der Waals surface area contributed by atoms with Gasteiger partial charge in [0, 0.05) is 38.1 Å². The molecular weight excluding hydrogens is 305 g/mol. The first-order valence-electron chi connectivity index (χ1n) is 8.00. The average Bonchev–Trinajstić information content (AvgIpc) is 2.63. The number of carbonyl (C=O) groups is 1. The van der Waals surface area contributed by atoms with Crippen LogP contribution in [0.2, 0.25) is 0 Å². The summed E-state index contributed by atoms with van der Waals surface area (Å²) in [5.74, 6) is -0.234. The Bertz CT molecular complexity index is 692. The number of halogens is 1. The molecule has 0 bridgehead atoms. The maximum absolute atomic E-state index is 13.0. The first-order chi connectivity index (χ1) is 11.7. The molecule has 1 fully saturated rings. The Morgan fingerprint density at radius 2 is 1.62 bits per heavy atom. The zero-order chi connectivity index (χ0) is 16.8. The van der Waals surface area contributed by atoms with Gasteiger partial charge in [0.15, 0.2) is 0 Å². The van der Waals surface area contributed by atoms with Crippen molar-refractivity contribution >= 4 is 17.8 Å². The lowest BCUT2D eigenvalue weighted by Gasteiger charge is -2.35. The fourth-order valence-corrected chi connectivity index (χ4v) is 2.68. The first-order valence-corrected chi connectivity index (χ1v) is 8.00. The van der Waals surface area contributed by atoms with Crippen molar-refractivity contribution in [3.05, 3.63) is 72.2 Å². The minimum Gasteiger partial charge on any atom is -0.368 e. The molecule has 24 heavy (non-hydrogen) atoms. The molecule has 1 heterocycles. The molecule has 0 aromatic heterocycles. The Hall–Kier alpha value is -2.82. The monoisotopic (exact) mass is 325 g/mol.